The fourth-order valence-electron chi connectivity index (χ4n) is 1.38. The van der Waals surface area contributed by atoms with Crippen molar-refractivity contribution in [3.8, 4) is 0 Å². The zero-order chi connectivity index (χ0) is 10.9. The van der Waals surface area contributed by atoms with E-state index in [2.05, 4.69) is 5.10 Å². The normalized spacial score (nSPS) is 10.9. The fraction of sp³-hybridized carbons (Fsp3) is 0.556. The predicted molar refractivity (Wildman–Crippen MR) is 54.0 cm³/mol. The molecule has 1 aromatic heterocycles. The van der Waals surface area contributed by atoms with E-state index in [9.17, 15) is 4.79 Å². The number of carbonyl (C=O) groups is 1. The lowest BCUT2D eigenvalue weighted by Gasteiger charge is -2.07. The number of hydrogen-bond donors (Lipinski definition) is 1. The second kappa shape index (κ2) is 4.00. The van der Waals surface area contributed by atoms with Gasteiger partial charge in [-0.05, 0) is 12.8 Å². The summed E-state index contributed by atoms with van der Waals surface area (Å²) in [6, 6.07) is 0. The molecule has 1 aromatic rings. The molecule has 1 heterocycles. The molecule has 0 aliphatic heterocycles. The largest absolute Gasteiger partial charge is 0.476 e. The smallest absolute Gasteiger partial charge is 0.357 e. The number of aromatic nitrogens is 2. The van der Waals surface area contributed by atoms with E-state index in [1.807, 2.05) is 20.8 Å². The molecule has 0 aliphatic rings. The number of aryl methyl sites for hydroxylation is 1. The van der Waals surface area contributed by atoms with Gasteiger partial charge in [-0.3, -0.25) is 4.68 Å². The van der Waals surface area contributed by atoms with Crippen LogP contribution in [0.3, 0.4) is 0 Å². The molecule has 0 atom stereocenters. The van der Waals surface area contributed by atoms with Crippen LogP contribution in [0.15, 0.2) is 0 Å². The molecule has 0 fully saturated rings. The maximum atomic E-state index is 10.8. The summed E-state index contributed by atoms with van der Waals surface area (Å²) in [6.45, 7) is 6.45. The van der Waals surface area contributed by atoms with E-state index in [0.29, 0.717) is 6.54 Å². The van der Waals surface area contributed by atoms with Crippen molar-refractivity contribution >= 4 is 17.6 Å². The molecule has 14 heavy (non-hydrogen) atoms. The number of hydrogen-bond acceptors (Lipinski definition) is 2. The molecule has 0 saturated heterocycles. The molecule has 0 aromatic carbocycles. The average Bonchev–Trinajstić information content (AvgIpc) is 2.42. The predicted octanol–water partition coefficient (Wildman–Crippen LogP) is 2.38. The second-order valence-electron chi connectivity index (χ2n) is 3.32. The Kier molecular flexibility index (Phi) is 3.16. The molecule has 1 N–H and O–H groups in total. The Balaban J connectivity index is 3.33. The third-order valence-corrected chi connectivity index (χ3v) is 2.35. The maximum absolute atomic E-state index is 10.8. The zero-order valence-corrected chi connectivity index (χ0v) is 9.17. The molecule has 1 rings (SSSR count). The quantitative estimate of drug-likeness (QED) is 0.844. The number of nitrogens with zero attached hydrogens (tertiary/aromatic N) is 2. The number of halogens is 1. The molecule has 0 spiro atoms. The first-order valence-electron chi connectivity index (χ1n) is 4.48. The van der Waals surface area contributed by atoms with E-state index in [-0.39, 0.29) is 16.6 Å². The number of aromatic carboxylic acids is 1. The summed E-state index contributed by atoms with van der Waals surface area (Å²) in [5, 5.41) is 13.0. The highest BCUT2D eigenvalue weighted by Crippen LogP contribution is 2.27. The van der Waals surface area contributed by atoms with E-state index in [1.165, 1.54) is 0 Å². The maximum Gasteiger partial charge on any atom is 0.357 e. The lowest BCUT2D eigenvalue weighted by Crippen LogP contribution is -2.05. The lowest BCUT2D eigenvalue weighted by molar-refractivity contribution is 0.0689. The molecule has 0 saturated carbocycles. The van der Waals surface area contributed by atoms with E-state index in [4.69, 9.17) is 16.7 Å². The third kappa shape index (κ3) is 1.75. The molecule has 0 amide bonds. The molecule has 5 heteroatoms. The Bertz CT molecular complexity index is 358. The standard InChI is InChI=1S/C9H13ClN2O2/c1-4-12-8(5(2)3)6(10)7(11-12)9(13)14/h5H,4H2,1-3H3,(H,13,14). The summed E-state index contributed by atoms with van der Waals surface area (Å²) in [5.41, 5.74) is 0.726. The van der Waals surface area contributed by atoms with Crippen LogP contribution in [0.2, 0.25) is 5.02 Å². The minimum Gasteiger partial charge on any atom is -0.476 e. The van der Waals surface area contributed by atoms with Crippen molar-refractivity contribution in [2.45, 2.75) is 33.2 Å². The molecule has 78 valence electrons. The van der Waals surface area contributed by atoms with Gasteiger partial charge in [0.25, 0.3) is 0 Å². The van der Waals surface area contributed by atoms with Crippen LogP contribution in [-0.2, 0) is 6.54 Å². The topological polar surface area (TPSA) is 55.1 Å². The van der Waals surface area contributed by atoms with Crippen molar-refractivity contribution in [3.05, 3.63) is 16.4 Å². The molecular weight excluding hydrogens is 204 g/mol. The van der Waals surface area contributed by atoms with Crippen molar-refractivity contribution < 1.29 is 9.90 Å². The van der Waals surface area contributed by atoms with Gasteiger partial charge in [-0.2, -0.15) is 5.10 Å². The summed E-state index contributed by atoms with van der Waals surface area (Å²) in [7, 11) is 0. The molecule has 0 bridgehead atoms. The van der Waals surface area contributed by atoms with Gasteiger partial charge in [-0.1, -0.05) is 25.4 Å². The van der Waals surface area contributed by atoms with Crippen LogP contribution < -0.4 is 0 Å². The first-order valence-corrected chi connectivity index (χ1v) is 4.86. The first-order chi connectivity index (χ1) is 6.49. The fourth-order valence-corrected chi connectivity index (χ4v) is 1.82. The zero-order valence-electron chi connectivity index (χ0n) is 8.41. The highest BCUT2D eigenvalue weighted by Gasteiger charge is 2.21. The third-order valence-electron chi connectivity index (χ3n) is 1.98. The molecule has 0 aliphatic carbocycles. The summed E-state index contributed by atoms with van der Waals surface area (Å²) in [6.07, 6.45) is 0. The van der Waals surface area contributed by atoms with Gasteiger partial charge in [-0.25, -0.2) is 4.79 Å². The van der Waals surface area contributed by atoms with E-state index in [1.54, 1.807) is 4.68 Å². The van der Waals surface area contributed by atoms with Crippen LogP contribution in [0.1, 0.15) is 42.9 Å². The van der Waals surface area contributed by atoms with Crippen molar-refractivity contribution in [1.82, 2.24) is 9.78 Å². The minimum atomic E-state index is -1.08. The summed E-state index contributed by atoms with van der Waals surface area (Å²) in [5.74, 6) is -0.910. The van der Waals surface area contributed by atoms with Crippen LogP contribution in [0, 0.1) is 0 Å². The van der Waals surface area contributed by atoms with Gasteiger partial charge in [0.15, 0.2) is 5.69 Å². The summed E-state index contributed by atoms with van der Waals surface area (Å²) < 4.78 is 1.64. The Hall–Kier alpha value is -1.03. The van der Waals surface area contributed by atoms with Crippen molar-refractivity contribution in [2.24, 2.45) is 0 Å². The first kappa shape index (κ1) is 11.0. The van der Waals surface area contributed by atoms with Gasteiger partial charge >= 0.3 is 5.97 Å². The van der Waals surface area contributed by atoms with E-state index in [0.717, 1.165) is 5.69 Å². The number of carboxylic acids is 1. The Morgan fingerprint density at radius 3 is 2.50 bits per heavy atom. The molecular formula is C9H13ClN2O2. The molecule has 0 radical (unpaired) electrons. The second-order valence-corrected chi connectivity index (χ2v) is 3.70. The van der Waals surface area contributed by atoms with Gasteiger partial charge in [0.1, 0.15) is 0 Å². The highest BCUT2D eigenvalue weighted by atomic mass is 35.5. The minimum absolute atomic E-state index is 0.0581. The van der Waals surface area contributed by atoms with Gasteiger partial charge < -0.3 is 5.11 Å². The van der Waals surface area contributed by atoms with Gasteiger partial charge in [0.05, 0.1) is 10.7 Å². The van der Waals surface area contributed by atoms with Crippen LogP contribution in [0.25, 0.3) is 0 Å². The number of rotatable bonds is 3. The Labute approximate surface area is 87.5 Å². The van der Waals surface area contributed by atoms with Gasteiger partial charge in [-0.15, -0.1) is 0 Å². The summed E-state index contributed by atoms with van der Waals surface area (Å²) in [4.78, 5) is 10.8. The Morgan fingerprint density at radius 2 is 2.21 bits per heavy atom. The Morgan fingerprint density at radius 1 is 1.64 bits per heavy atom. The van der Waals surface area contributed by atoms with E-state index >= 15 is 0 Å². The van der Waals surface area contributed by atoms with Crippen LogP contribution >= 0.6 is 11.6 Å². The van der Waals surface area contributed by atoms with Crippen LogP contribution in [0.4, 0.5) is 0 Å². The lowest BCUT2D eigenvalue weighted by atomic mass is 10.1. The molecule has 0 unspecified atom stereocenters. The van der Waals surface area contributed by atoms with Gasteiger partial charge in [0, 0.05) is 6.54 Å². The van der Waals surface area contributed by atoms with E-state index < -0.39 is 5.97 Å². The number of carboxylic acid groups (broad SMARTS) is 1. The van der Waals surface area contributed by atoms with Crippen molar-refractivity contribution in [3.63, 3.8) is 0 Å². The van der Waals surface area contributed by atoms with Crippen molar-refractivity contribution in [2.75, 3.05) is 0 Å². The SMILES string of the molecule is CCn1nc(C(=O)O)c(Cl)c1C(C)C. The van der Waals surface area contributed by atoms with Crippen molar-refractivity contribution in [1.29, 1.82) is 0 Å². The molecule has 4 nitrogen and oxygen atoms in total. The highest BCUT2D eigenvalue weighted by molar-refractivity contribution is 6.34. The van der Waals surface area contributed by atoms with Gasteiger partial charge in [0.2, 0.25) is 0 Å². The monoisotopic (exact) mass is 216 g/mol. The average molecular weight is 217 g/mol. The summed E-state index contributed by atoms with van der Waals surface area (Å²) >= 11 is 5.93. The van der Waals surface area contributed by atoms with Crippen LogP contribution in [-0.4, -0.2) is 20.9 Å². The van der Waals surface area contributed by atoms with Crippen LogP contribution in [0.5, 0.6) is 0 Å².